The van der Waals surface area contributed by atoms with Gasteiger partial charge in [-0.3, -0.25) is 4.79 Å². The zero-order valence-corrected chi connectivity index (χ0v) is 14.9. The number of nitrogens with zero attached hydrogens (tertiary/aromatic N) is 1. The van der Waals surface area contributed by atoms with E-state index in [2.05, 4.69) is 14.5 Å². The first-order chi connectivity index (χ1) is 12.1. The molecule has 1 fully saturated rings. The zero-order valence-electron chi connectivity index (χ0n) is 13.2. The first kappa shape index (κ1) is 18.7. The van der Waals surface area contributed by atoms with Crippen LogP contribution in [0.3, 0.4) is 0 Å². The fourth-order valence-electron chi connectivity index (χ4n) is 2.48. The number of alkyl halides is 3. The number of hydrogen-bond donors (Lipinski definition) is 1. The lowest BCUT2D eigenvalue weighted by atomic mass is 10.0. The van der Waals surface area contributed by atoms with Gasteiger partial charge in [0.1, 0.15) is 17.6 Å². The van der Waals surface area contributed by atoms with Gasteiger partial charge in [-0.15, -0.1) is 11.3 Å². The van der Waals surface area contributed by atoms with Gasteiger partial charge in [0.25, 0.3) is 0 Å². The summed E-state index contributed by atoms with van der Waals surface area (Å²) in [4.78, 5) is 15.3. The first-order valence-corrected chi connectivity index (χ1v) is 9.67. The van der Waals surface area contributed by atoms with Crippen LogP contribution in [0.2, 0.25) is 0 Å². The van der Waals surface area contributed by atoms with Crippen LogP contribution in [0.15, 0.2) is 17.6 Å². The number of carbonyl (C=O) groups excluding carboxylic acids is 1. The molecule has 3 rings (SSSR count). The molecular formula is C14H13F3N2O5S2. The van der Waals surface area contributed by atoms with Crippen LogP contribution in [-0.4, -0.2) is 37.5 Å². The van der Waals surface area contributed by atoms with E-state index in [0.29, 0.717) is 11.2 Å². The minimum absolute atomic E-state index is 0.109. The molecule has 2 heterocycles. The highest BCUT2D eigenvalue weighted by Crippen LogP contribution is 2.37. The summed E-state index contributed by atoms with van der Waals surface area (Å²) >= 11 is 1.19. The summed E-state index contributed by atoms with van der Waals surface area (Å²) in [6.45, 7) is 2.14. The molecular weight excluding hydrogens is 397 g/mol. The number of benzene rings is 1. The van der Waals surface area contributed by atoms with Crippen LogP contribution in [0.25, 0.3) is 10.2 Å². The lowest BCUT2D eigenvalue weighted by Crippen LogP contribution is -2.28. The summed E-state index contributed by atoms with van der Waals surface area (Å²) in [7, 11) is -5.81. The van der Waals surface area contributed by atoms with Crippen LogP contribution in [0, 0.1) is 5.92 Å². The molecule has 0 spiro atoms. The molecule has 1 aromatic heterocycles. The van der Waals surface area contributed by atoms with Crippen molar-refractivity contribution in [2.75, 3.05) is 6.54 Å². The Hall–Kier alpha value is -2.08. The molecule has 0 aliphatic carbocycles. The van der Waals surface area contributed by atoms with Gasteiger partial charge in [0.05, 0.1) is 15.7 Å². The maximum atomic E-state index is 12.5. The Morgan fingerprint density at radius 1 is 1.38 bits per heavy atom. The molecule has 1 aliphatic rings. The predicted molar refractivity (Wildman–Crippen MR) is 86.4 cm³/mol. The number of halogens is 3. The molecule has 2 aromatic rings. The minimum Gasteiger partial charge on any atom is -0.489 e. The largest absolute Gasteiger partial charge is 0.534 e. The van der Waals surface area contributed by atoms with E-state index < -0.39 is 27.5 Å². The van der Waals surface area contributed by atoms with Crippen molar-refractivity contribution < 1.29 is 35.3 Å². The van der Waals surface area contributed by atoms with Gasteiger partial charge in [-0.1, -0.05) is 0 Å². The maximum absolute atomic E-state index is 12.5. The van der Waals surface area contributed by atoms with Crippen molar-refractivity contribution in [2.45, 2.75) is 25.0 Å². The molecule has 2 atom stereocenters. The molecule has 2 unspecified atom stereocenters. The number of rotatable bonds is 5. The molecule has 142 valence electrons. The van der Waals surface area contributed by atoms with E-state index in [1.54, 1.807) is 6.92 Å². The number of thiazole rings is 1. The van der Waals surface area contributed by atoms with Crippen molar-refractivity contribution >= 4 is 37.6 Å². The number of amides is 1. The number of ether oxygens (including phenoxy) is 1. The van der Waals surface area contributed by atoms with Crippen molar-refractivity contribution in [3.63, 3.8) is 0 Å². The third-order valence-electron chi connectivity index (χ3n) is 3.85. The molecule has 0 bridgehead atoms. The lowest BCUT2D eigenvalue weighted by Gasteiger charge is -2.20. The summed E-state index contributed by atoms with van der Waals surface area (Å²) in [6.07, 6.45) is -0.167. The number of fused-ring (bicyclic) bond motifs is 1. The summed E-state index contributed by atoms with van der Waals surface area (Å²) in [5, 5.41) is 2.67. The fourth-order valence-corrected chi connectivity index (χ4v) is 3.65. The summed E-state index contributed by atoms with van der Waals surface area (Å²) in [5.41, 5.74) is -3.85. The fraction of sp³-hybridized carbons (Fsp3) is 0.429. The van der Waals surface area contributed by atoms with Crippen LogP contribution in [0.5, 0.6) is 11.5 Å². The Morgan fingerprint density at radius 3 is 2.73 bits per heavy atom. The minimum atomic E-state index is -5.81. The molecule has 1 saturated heterocycles. The van der Waals surface area contributed by atoms with Crippen molar-refractivity contribution in [1.29, 1.82) is 0 Å². The van der Waals surface area contributed by atoms with Gasteiger partial charge in [-0.25, -0.2) is 4.98 Å². The Bertz CT molecular complexity index is 942. The third kappa shape index (κ3) is 3.70. The van der Waals surface area contributed by atoms with Gasteiger partial charge >= 0.3 is 15.6 Å². The third-order valence-corrected chi connectivity index (χ3v) is 5.68. The first-order valence-electron chi connectivity index (χ1n) is 7.38. The summed E-state index contributed by atoms with van der Waals surface area (Å²) in [5.74, 6) is -0.636. The van der Waals surface area contributed by atoms with Gasteiger partial charge in [-0.2, -0.15) is 21.6 Å². The standard InChI is InChI=1S/C14H13F3N2O5S2/c1-7(8-2-12(20)18-5-8)23-11-4-9(3-10-13(11)25-6-19-10)24-26(21,22)14(15,16)17/h3-4,6-8H,2,5H2,1H3,(H,18,20). The van der Waals surface area contributed by atoms with E-state index in [9.17, 15) is 26.4 Å². The Balaban J connectivity index is 1.90. The van der Waals surface area contributed by atoms with E-state index >= 15 is 0 Å². The van der Waals surface area contributed by atoms with E-state index in [0.717, 1.165) is 12.1 Å². The Morgan fingerprint density at radius 2 is 2.12 bits per heavy atom. The quantitative estimate of drug-likeness (QED) is 0.601. The second kappa shape index (κ2) is 6.58. The molecule has 0 radical (unpaired) electrons. The Kier molecular flexibility index (Phi) is 4.73. The van der Waals surface area contributed by atoms with E-state index in [1.165, 1.54) is 16.8 Å². The average Bonchev–Trinajstić information content (AvgIpc) is 3.14. The van der Waals surface area contributed by atoms with Gasteiger partial charge in [0.2, 0.25) is 5.91 Å². The van der Waals surface area contributed by atoms with Crippen LogP contribution < -0.4 is 14.2 Å². The average molecular weight is 410 g/mol. The normalized spacial score (nSPS) is 19.4. The van der Waals surface area contributed by atoms with Gasteiger partial charge < -0.3 is 14.2 Å². The number of nitrogens with one attached hydrogen (secondary N) is 1. The van der Waals surface area contributed by atoms with Crippen LogP contribution in [-0.2, 0) is 14.9 Å². The van der Waals surface area contributed by atoms with Crippen molar-refractivity contribution in [2.24, 2.45) is 5.92 Å². The van der Waals surface area contributed by atoms with Crippen molar-refractivity contribution in [3.05, 3.63) is 17.6 Å². The molecule has 1 amide bonds. The van der Waals surface area contributed by atoms with Gasteiger partial charge in [0, 0.05) is 31.0 Å². The van der Waals surface area contributed by atoms with Gasteiger partial charge in [0.15, 0.2) is 0 Å². The molecule has 1 aliphatic heterocycles. The highest BCUT2D eigenvalue weighted by atomic mass is 32.2. The monoisotopic (exact) mass is 410 g/mol. The van der Waals surface area contributed by atoms with Crippen LogP contribution >= 0.6 is 11.3 Å². The summed E-state index contributed by atoms with van der Waals surface area (Å²) < 4.78 is 70.5. The van der Waals surface area contributed by atoms with Gasteiger partial charge in [-0.05, 0) is 6.92 Å². The second-order valence-corrected chi connectivity index (χ2v) is 8.09. The number of aromatic nitrogens is 1. The number of hydrogen-bond acceptors (Lipinski definition) is 7. The van der Waals surface area contributed by atoms with E-state index in [1.807, 2.05) is 0 Å². The van der Waals surface area contributed by atoms with E-state index in [-0.39, 0.29) is 29.5 Å². The second-order valence-electron chi connectivity index (χ2n) is 5.70. The topological polar surface area (TPSA) is 94.6 Å². The SMILES string of the molecule is CC(Oc1cc(OS(=O)(=O)C(F)(F)F)cc2ncsc12)C1CNC(=O)C1. The molecule has 1 aromatic carbocycles. The van der Waals surface area contributed by atoms with E-state index in [4.69, 9.17) is 4.74 Å². The molecule has 26 heavy (non-hydrogen) atoms. The smallest absolute Gasteiger partial charge is 0.489 e. The van der Waals surface area contributed by atoms with Crippen LogP contribution in [0.1, 0.15) is 13.3 Å². The molecule has 7 nitrogen and oxygen atoms in total. The van der Waals surface area contributed by atoms with Crippen molar-refractivity contribution in [3.8, 4) is 11.5 Å². The predicted octanol–water partition coefficient (Wildman–Crippen LogP) is 2.43. The molecule has 0 saturated carbocycles. The highest BCUT2D eigenvalue weighted by Gasteiger charge is 2.48. The van der Waals surface area contributed by atoms with Crippen molar-refractivity contribution in [1.82, 2.24) is 10.3 Å². The molecule has 12 heteroatoms. The van der Waals surface area contributed by atoms with Crippen LogP contribution in [0.4, 0.5) is 13.2 Å². The number of carbonyl (C=O) groups is 1. The highest BCUT2D eigenvalue weighted by molar-refractivity contribution is 7.88. The zero-order chi connectivity index (χ0) is 19.1. The Labute approximate surface area is 150 Å². The molecule has 1 N–H and O–H groups in total. The summed E-state index contributed by atoms with van der Waals surface area (Å²) in [6, 6.07) is 2.16. The lowest BCUT2D eigenvalue weighted by molar-refractivity contribution is -0.119. The maximum Gasteiger partial charge on any atom is 0.534 e.